The molecule has 1 atom stereocenters. The van der Waals surface area contributed by atoms with Crippen LogP contribution in [-0.2, 0) is 26.0 Å². The second-order valence-corrected chi connectivity index (χ2v) is 8.80. The van der Waals surface area contributed by atoms with Gasteiger partial charge in [0, 0.05) is 44.5 Å². The Hall–Kier alpha value is -1.44. The minimum Gasteiger partial charge on any atom is -0.381 e. The quantitative estimate of drug-likeness (QED) is 0.787. The van der Waals surface area contributed by atoms with Gasteiger partial charge in [0.15, 0.2) is 0 Å². The van der Waals surface area contributed by atoms with Crippen molar-refractivity contribution in [3.63, 3.8) is 0 Å². The molecular formula is C19H28N2O4S. The Bertz CT molecular complexity index is 751. The first-order valence-electron chi connectivity index (χ1n) is 9.51. The summed E-state index contributed by atoms with van der Waals surface area (Å²) in [6.45, 7) is 6.57. The molecule has 1 fully saturated rings. The van der Waals surface area contributed by atoms with Crippen LogP contribution in [0.1, 0.15) is 38.7 Å². The van der Waals surface area contributed by atoms with Crippen LogP contribution in [0.3, 0.4) is 0 Å². The highest BCUT2D eigenvalue weighted by atomic mass is 32.2. The third kappa shape index (κ3) is 3.66. The van der Waals surface area contributed by atoms with Crippen LogP contribution in [0.4, 0.5) is 5.69 Å². The van der Waals surface area contributed by atoms with E-state index in [0.29, 0.717) is 37.6 Å². The number of anilines is 1. The molecule has 0 aliphatic carbocycles. The van der Waals surface area contributed by atoms with Crippen molar-refractivity contribution in [1.29, 1.82) is 0 Å². The molecule has 0 bridgehead atoms. The van der Waals surface area contributed by atoms with Gasteiger partial charge in [0.05, 0.1) is 4.90 Å². The molecule has 3 rings (SSSR count). The second kappa shape index (κ2) is 8.06. The van der Waals surface area contributed by atoms with Gasteiger partial charge in [0.25, 0.3) is 0 Å². The summed E-state index contributed by atoms with van der Waals surface area (Å²) in [5, 5.41) is 0. The lowest BCUT2D eigenvalue weighted by Gasteiger charge is -2.23. The van der Waals surface area contributed by atoms with Crippen molar-refractivity contribution >= 4 is 21.6 Å². The molecule has 1 aromatic rings. The van der Waals surface area contributed by atoms with Crippen molar-refractivity contribution in [2.75, 3.05) is 37.7 Å². The molecule has 2 heterocycles. The van der Waals surface area contributed by atoms with E-state index in [1.165, 1.54) is 4.31 Å². The van der Waals surface area contributed by atoms with Crippen LogP contribution in [0.15, 0.2) is 23.1 Å². The minimum atomic E-state index is -3.47. The third-order valence-electron chi connectivity index (χ3n) is 5.36. The average molecular weight is 381 g/mol. The van der Waals surface area contributed by atoms with Crippen molar-refractivity contribution in [3.05, 3.63) is 23.8 Å². The fraction of sp³-hybridized carbons (Fsp3) is 0.632. The van der Waals surface area contributed by atoms with Crippen molar-refractivity contribution in [2.45, 2.75) is 44.4 Å². The number of hydrogen-bond donors (Lipinski definition) is 0. The van der Waals surface area contributed by atoms with E-state index in [4.69, 9.17) is 4.74 Å². The lowest BCUT2D eigenvalue weighted by atomic mass is 9.99. The lowest BCUT2D eigenvalue weighted by molar-refractivity contribution is -0.122. The lowest BCUT2D eigenvalue weighted by Crippen LogP contribution is -2.35. The second-order valence-electron chi connectivity index (χ2n) is 6.86. The molecule has 0 N–H and O–H groups in total. The first kappa shape index (κ1) is 19.3. The number of ether oxygens (including phenoxy) is 1. The molecule has 2 aliphatic heterocycles. The van der Waals surface area contributed by atoms with Gasteiger partial charge in [-0.05, 0) is 49.4 Å². The van der Waals surface area contributed by atoms with Crippen LogP contribution in [0, 0.1) is 5.92 Å². The number of nitrogens with zero attached hydrogens (tertiary/aromatic N) is 2. The molecular weight excluding hydrogens is 352 g/mol. The van der Waals surface area contributed by atoms with E-state index < -0.39 is 10.0 Å². The Labute approximate surface area is 156 Å². The Morgan fingerprint density at radius 2 is 2.00 bits per heavy atom. The molecule has 0 saturated carbocycles. The summed E-state index contributed by atoms with van der Waals surface area (Å²) in [7, 11) is -3.47. The van der Waals surface area contributed by atoms with Crippen molar-refractivity contribution in [1.82, 2.24) is 4.31 Å². The number of carbonyl (C=O) groups is 1. The molecule has 0 spiro atoms. The van der Waals surface area contributed by atoms with Crippen LogP contribution in [0.2, 0.25) is 0 Å². The molecule has 26 heavy (non-hydrogen) atoms. The number of amides is 1. The Balaban J connectivity index is 1.83. The molecule has 7 heteroatoms. The van der Waals surface area contributed by atoms with E-state index in [2.05, 4.69) is 0 Å². The summed E-state index contributed by atoms with van der Waals surface area (Å²) < 4.78 is 32.4. The fourth-order valence-electron chi connectivity index (χ4n) is 3.85. The predicted molar refractivity (Wildman–Crippen MR) is 101 cm³/mol. The summed E-state index contributed by atoms with van der Waals surface area (Å²) in [4.78, 5) is 15.1. The van der Waals surface area contributed by atoms with Crippen molar-refractivity contribution in [3.8, 4) is 0 Å². The number of carbonyl (C=O) groups excluding carboxylic acids is 1. The number of rotatable bonds is 5. The largest absolute Gasteiger partial charge is 0.381 e. The smallest absolute Gasteiger partial charge is 0.243 e. The highest BCUT2D eigenvalue weighted by molar-refractivity contribution is 7.89. The Morgan fingerprint density at radius 3 is 2.73 bits per heavy atom. The fourth-order valence-corrected chi connectivity index (χ4v) is 5.36. The van der Waals surface area contributed by atoms with E-state index in [0.717, 1.165) is 37.1 Å². The van der Waals surface area contributed by atoms with Crippen LogP contribution >= 0.6 is 0 Å². The number of sulfonamides is 1. The van der Waals surface area contributed by atoms with E-state index in [1.54, 1.807) is 18.2 Å². The topological polar surface area (TPSA) is 66.9 Å². The summed E-state index contributed by atoms with van der Waals surface area (Å²) >= 11 is 0. The van der Waals surface area contributed by atoms with Gasteiger partial charge < -0.3 is 9.64 Å². The molecule has 0 aromatic heterocycles. The normalized spacial score (nSPS) is 20.9. The zero-order chi connectivity index (χ0) is 18.7. The molecule has 6 nitrogen and oxygen atoms in total. The third-order valence-corrected chi connectivity index (χ3v) is 7.40. The van der Waals surface area contributed by atoms with Gasteiger partial charge in [-0.3, -0.25) is 4.79 Å². The zero-order valence-corrected chi connectivity index (χ0v) is 16.4. The standard InChI is InChI=1S/C19H28N2O4S/c1-3-20(4-2)26(23,24)17-7-8-18-16(14-17)9-11-21(18)19(22)15-6-5-12-25-13-10-15/h7-8,14-15H,3-6,9-13H2,1-2H3. The number of hydrogen-bond acceptors (Lipinski definition) is 4. The van der Waals surface area contributed by atoms with Crippen LogP contribution in [-0.4, -0.2) is 51.5 Å². The van der Waals surface area contributed by atoms with Crippen molar-refractivity contribution < 1.29 is 17.9 Å². The van der Waals surface area contributed by atoms with E-state index in [1.807, 2.05) is 18.7 Å². The zero-order valence-electron chi connectivity index (χ0n) is 15.6. The maximum absolute atomic E-state index is 12.9. The van der Waals surface area contributed by atoms with E-state index >= 15 is 0 Å². The van der Waals surface area contributed by atoms with Crippen LogP contribution in [0.25, 0.3) is 0 Å². The van der Waals surface area contributed by atoms with E-state index in [9.17, 15) is 13.2 Å². The summed E-state index contributed by atoms with van der Waals surface area (Å²) in [5.41, 5.74) is 1.80. The van der Waals surface area contributed by atoms with Gasteiger partial charge in [0.2, 0.25) is 15.9 Å². The summed E-state index contributed by atoms with van der Waals surface area (Å²) in [6.07, 6.45) is 3.24. The Kier molecular flexibility index (Phi) is 5.99. The first-order valence-corrected chi connectivity index (χ1v) is 10.9. The molecule has 1 saturated heterocycles. The molecule has 0 radical (unpaired) electrons. The predicted octanol–water partition coefficient (Wildman–Crippen LogP) is 2.42. The minimum absolute atomic E-state index is 0.00235. The maximum atomic E-state index is 12.9. The van der Waals surface area contributed by atoms with Crippen LogP contribution in [0.5, 0.6) is 0 Å². The van der Waals surface area contributed by atoms with Crippen molar-refractivity contribution in [2.24, 2.45) is 5.92 Å². The molecule has 1 unspecified atom stereocenters. The summed E-state index contributed by atoms with van der Waals surface area (Å²) in [6, 6.07) is 5.17. The van der Waals surface area contributed by atoms with Gasteiger partial charge in [-0.25, -0.2) is 8.42 Å². The SMILES string of the molecule is CCN(CC)S(=O)(=O)c1ccc2c(c1)CCN2C(=O)C1CCCOCC1. The van der Waals surface area contributed by atoms with Crippen LogP contribution < -0.4 is 4.90 Å². The van der Waals surface area contributed by atoms with E-state index in [-0.39, 0.29) is 11.8 Å². The van der Waals surface area contributed by atoms with Gasteiger partial charge in [-0.2, -0.15) is 4.31 Å². The number of fused-ring (bicyclic) bond motifs is 1. The average Bonchev–Trinajstić information content (AvgIpc) is 2.86. The maximum Gasteiger partial charge on any atom is 0.243 e. The van der Waals surface area contributed by atoms with Gasteiger partial charge >= 0.3 is 0 Å². The number of benzene rings is 1. The molecule has 144 valence electrons. The molecule has 1 amide bonds. The monoisotopic (exact) mass is 380 g/mol. The molecule has 2 aliphatic rings. The Morgan fingerprint density at radius 1 is 1.23 bits per heavy atom. The highest BCUT2D eigenvalue weighted by Gasteiger charge is 2.32. The van der Waals surface area contributed by atoms with Gasteiger partial charge in [-0.15, -0.1) is 0 Å². The van der Waals surface area contributed by atoms with Gasteiger partial charge in [0.1, 0.15) is 0 Å². The first-order chi connectivity index (χ1) is 12.5. The molecule has 1 aromatic carbocycles. The highest BCUT2D eigenvalue weighted by Crippen LogP contribution is 2.33. The van der Waals surface area contributed by atoms with Gasteiger partial charge in [-0.1, -0.05) is 13.8 Å². The summed E-state index contributed by atoms with van der Waals surface area (Å²) in [5.74, 6) is 0.149.